The topological polar surface area (TPSA) is 75.3 Å². The number of halogens is 3. The fourth-order valence-corrected chi connectivity index (χ4v) is 1.94. The van der Waals surface area contributed by atoms with Crippen LogP contribution in [0.4, 0.5) is 19.0 Å². The smallest absolute Gasteiger partial charge is 0.396 e. The van der Waals surface area contributed by atoms with Gasteiger partial charge in [-0.2, -0.15) is 17.7 Å². The minimum absolute atomic E-state index is 0.0154. The molecule has 0 bridgehead atoms. The van der Waals surface area contributed by atoms with E-state index in [-0.39, 0.29) is 30.0 Å². The molecule has 0 radical (unpaired) electrons. The SMILES string of the molecule is CC(C)C(CCO)Nc1ccc2nnc(C(F)(F)F)n2n1. The number of nitrogens with zero attached hydrogens (tertiary/aromatic N) is 4. The van der Waals surface area contributed by atoms with Gasteiger partial charge in [0.15, 0.2) is 5.65 Å². The van der Waals surface area contributed by atoms with Crippen LogP contribution in [0.5, 0.6) is 0 Å². The lowest BCUT2D eigenvalue weighted by atomic mass is 10.0. The van der Waals surface area contributed by atoms with E-state index < -0.39 is 12.0 Å². The van der Waals surface area contributed by atoms with Crippen LogP contribution in [-0.4, -0.2) is 37.6 Å². The first-order valence-electron chi connectivity index (χ1n) is 6.50. The zero-order valence-corrected chi connectivity index (χ0v) is 11.6. The van der Waals surface area contributed by atoms with Crippen molar-refractivity contribution in [2.24, 2.45) is 5.92 Å². The van der Waals surface area contributed by atoms with Crippen molar-refractivity contribution in [2.45, 2.75) is 32.5 Å². The molecule has 1 atom stereocenters. The summed E-state index contributed by atoms with van der Waals surface area (Å²) in [6.45, 7) is 3.88. The molecule has 0 amide bonds. The van der Waals surface area contributed by atoms with Gasteiger partial charge in [-0.25, -0.2) is 0 Å². The monoisotopic (exact) mass is 303 g/mol. The first-order valence-corrected chi connectivity index (χ1v) is 6.50. The molecule has 9 heteroatoms. The Hall–Kier alpha value is -1.90. The average molecular weight is 303 g/mol. The van der Waals surface area contributed by atoms with Gasteiger partial charge in [0.05, 0.1) is 0 Å². The molecule has 0 saturated carbocycles. The molecule has 6 nitrogen and oxygen atoms in total. The van der Waals surface area contributed by atoms with Crippen molar-refractivity contribution in [3.63, 3.8) is 0 Å². The lowest BCUT2D eigenvalue weighted by Crippen LogP contribution is -2.27. The molecule has 0 fully saturated rings. The lowest BCUT2D eigenvalue weighted by Gasteiger charge is -2.22. The molecule has 2 aromatic rings. The number of hydrogen-bond donors (Lipinski definition) is 2. The van der Waals surface area contributed by atoms with E-state index in [0.29, 0.717) is 10.9 Å². The normalized spacial score (nSPS) is 13.9. The second-order valence-electron chi connectivity index (χ2n) is 5.02. The highest BCUT2D eigenvalue weighted by Crippen LogP contribution is 2.27. The predicted molar refractivity (Wildman–Crippen MR) is 69.7 cm³/mol. The molecular formula is C12H16F3N5O. The van der Waals surface area contributed by atoms with Crippen LogP contribution in [0.1, 0.15) is 26.1 Å². The van der Waals surface area contributed by atoms with Crippen LogP contribution >= 0.6 is 0 Å². The Labute approximate surface area is 119 Å². The van der Waals surface area contributed by atoms with Gasteiger partial charge in [0.2, 0.25) is 0 Å². The van der Waals surface area contributed by atoms with E-state index in [4.69, 9.17) is 5.11 Å². The summed E-state index contributed by atoms with van der Waals surface area (Å²) < 4.78 is 39.0. The molecule has 0 spiro atoms. The number of alkyl halides is 3. The van der Waals surface area contributed by atoms with Crippen molar-refractivity contribution in [3.05, 3.63) is 18.0 Å². The molecule has 0 aliphatic rings. The summed E-state index contributed by atoms with van der Waals surface area (Å²) in [6.07, 6.45) is -4.14. The first-order chi connectivity index (χ1) is 9.82. The Bertz CT molecular complexity index is 610. The third-order valence-electron chi connectivity index (χ3n) is 3.09. The number of aromatic nitrogens is 4. The number of hydrogen-bond acceptors (Lipinski definition) is 5. The molecule has 2 N–H and O–H groups in total. The summed E-state index contributed by atoms with van der Waals surface area (Å²) >= 11 is 0. The highest BCUT2D eigenvalue weighted by molar-refractivity contribution is 5.44. The zero-order chi connectivity index (χ0) is 15.6. The fourth-order valence-electron chi connectivity index (χ4n) is 1.94. The molecule has 0 aliphatic heterocycles. The summed E-state index contributed by atoms with van der Waals surface area (Å²) in [7, 11) is 0. The number of anilines is 1. The predicted octanol–water partition coefficient (Wildman–Crippen LogP) is 1.96. The molecule has 21 heavy (non-hydrogen) atoms. The molecule has 2 rings (SSSR count). The zero-order valence-electron chi connectivity index (χ0n) is 11.6. The van der Waals surface area contributed by atoms with Gasteiger partial charge >= 0.3 is 6.18 Å². The summed E-state index contributed by atoms with van der Waals surface area (Å²) in [4.78, 5) is 0. The van der Waals surface area contributed by atoms with Crippen molar-refractivity contribution < 1.29 is 18.3 Å². The molecule has 2 aromatic heterocycles. The van der Waals surface area contributed by atoms with E-state index in [1.54, 1.807) is 0 Å². The third kappa shape index (κ3) is 3.41. The maximum absolute atomic E-state index is 12.8. The van der Waals surface area contributed by atoms with Crippen LogP contribution in [0.15, 0.2) is 12.1 Å². The van der Waals surface area contributed by atoms with Crippen LogP contribution in [0.25, 0.3) is 5.65 Å². The maximum atomic E-state index is 12.8. The Morgan fingerprint density at radius 1 is 1.29 bits per heavy atom. The van der Waals surface area contributed by atoms with E-state index in [0.717, 1.165) is 0 Å². The summed E-state index contributed by atoms with van der Waals surface area (Å²) in [5.74, 6) is -0.693. The Balaban J connectivity index is 2.33. The van der Waals surface area contributed by atoms with Gasteiger partial charge in [0.1, 0.15) is 5.82 Å². The van der Waals surface area contributed by atoms with Gasteiger partial charge < -0.3 is 10.4 Å². The van der Waals surface area contributed by atoms with E-state index in [1.165, 1.54) is 12.1 Å². The van der Waals surface area contributed by atoms with Crippen molar-refractivity contribution in [3.8, 4) is 0 Å². The number of nitrogens with one attached hydrogen (secondary N) is 1. The van der Waals surface area contributed by atoms with Crippen LogP contribution in [-0.2, 0) is 6.18 Å². The first kappa shape index (κ1) is 15.5. The molecular weight excluding hydrogens is 287 g/mol. The summed E-state index contributed by atoms with van der Waals surface area (Å²) in [5, 5.41) is 22.5. The van der Waals surface area contributed by atoms with Crippen LogP contribution in [0, 0.1) is 5.92 Å². The lowest BCUT2D eigenvalue weighted by molar-refractivity contribution is -0.146. The molecule has 2 heterocycles. The van der Waals surface area contributed by atoms with Crippen molar-refractivity contribution in [1.82, 2.24) is 19.8 Å². The second kappa shape index (κ2) is 5.84. The summed E-state index contributed by atoms with van der Waals surface area (Å²) in [6, 6.07) is 2.86. The highest BCUT2D eigenvalue weighted by Gasteiger charge is 2.37. The maximum Gasteiger partial charge on any atom is 0.453 e. The number of fused-ring (bicyclic) bond motifs is 1. The molecule has 0 saturated heterocycles. The van der Waals surface area contributed by atoms with E-state index in [1.807, 2.05) is 13.8 Å². The minimum atomic E-state index is -4.62. The van der Waals surface area contributed by atoms with Crippen LogP contribution in [0.3, 0.4) is 0 Å². The van der Waals surface area contributed by atoms with E-state index in [9.17, 15) is 13.2 Å². The van der Waals surface area contributed by atoms with Crippen LogP contribution < -0.4 is 5.32 Å². The van der Waals surface area contributed by atoms with Gasteiger partial charge in [-0.05, 0) is 24.5 Å². The van der Waals surface area contributed by atoms with Gasteiger partial charge in [-0.3, -0.25) is 0 Å². The highest BCUT2D eigenvalue weighted by atomic mass is 19.4. The van der Waals surface area contributed by atoms with E-state index >= 15 is 0 Å². The average Bonchev–Trinajstić information content (AvgIpc) is 2.81. The molecule has 0 aromatic carbocycles. The molecule has 116 valence electrons. The van der Waals surface area contributed by atoms with Gasteiger partial charge in [-0.15, -0.1) is 15.3 Å². The fraction of sp³-hybridized carbons (Fsp3) is 0.583. The standard InChI is InChI=1S/C12H16F3N5O/c1-7(2)8(5-6-21)16-9-3-4-10-17-18-11(12(13,14)15)20(10)19-9/h3-4,7-8,21H,5-6H2,1-2H3,(H,16,19). The largest absolute Gasteiger partial charge is 0.453 e. The van der Waals surface area contributed by atoms with Crippen molar-refractivity contribution in [1.29, 1.82) is 0 Å². The Kier molecular flexibility index (Phi) is 4.31. The third-order valence-corrected chi connectivity index (χ3v) is 3.09. The van der Waals surface area contributed by atoms with Crippen LogP contribution in [0.2, 0.25) is 0 Å². The van der Waals surface area contributed by atoms with Gasteiger partial charge in [0, 0.05) is 12.6 Å². The van der Waals surface area contributed by atoms with Crippen molar-refractivity contribution in [2.75, 3.05) is 11.9 Å². The van der Waals surface area contributed by atoms with Gasteiger partial charge in [-0.1, -0.05) is 13.8 Å². The van der Waals surface area contributed by atoms with Gasteiger partial charge in [0.25, 0.3) is 5.82 Å². The summed E-state index contributed by atoms with van der Waals surface area (Å²) in [5.41, 5.74) is 0.0242. The minimum Gasteiger partial charge on any atom is -0.396 e. The number of aliphatic hydroxyl groups excluding tert-OH is 1. The molecule has 1 unspecified atom stereocenters. The number of aliphatic hydroxyl groups is 1. The Morgan fingerprint density at radius 3 is 2.57 bits per heavy atom. The Morgan fingerprint density at radius 2 is 2.00 bits per heavy atom. The van der Waals surface area contributed by atoms with E-state index in [2.05, 4.69) is 20.6 Å². The quantitative estimate of drug-likeness (QED) is 0.883. The second-order valence-corrected chi connectivity index (χ2v) is 5.02. The van der Waals surface area contributed by atoms with Crippen molar-refractivity contribution >= 4 is 11.5 Å². The number of rotatable bonds is 5. The molecule has 0 aliphatic carbocycles.